The largest absolute Gasteiger partial charge is 0.490 e. The zero-order valence-electron chi connectivity index (χ0n) is 22.5. The Bertz CT molecular complexity index is 1390. The zero-order valence-corrected chi connectivity index (χ0v) is 22.5. The summed E-state index contributed by atoms with van der Waals surface area (Å²) in [6.45, 7) is 6.86. The summed E-state index contributed by atoms with van der Waals surface area (Å²) in [5.41, 5.74) is 4.46. The number of carbonyl (C=O) groups excluding carboxylic acids is 1. The maximum Gasteiger partial charge on any atom is 0.287 e. The molecule has 4 heterocycles. The van der Waals surface area contributed by atoms with Gasteiger partial charge in [0.1, 0.15) is 17.4 Å². The van der Waals surface area contributed by atoms with Gasteiger partial charge in [0, 0.05) is 81.1 Å². The Kier molecular flexibility index (Phi) is 7.50. The minimum absolute atomic E-state index is 0.150. The normalized spacial score (nSPS) is 17.4. The van der Waals surface area contributed by atoms with E-state index in [2.05, 4.69) is 57.4 Å². The van der Waals surface area contributed by atoms with Crippen molar-refractivity contribution in [3.8, 4) is 5.75 Å². The van der Waals surface area contributed by atoms with Crippen molar-refractivity contribution in [2.45, 2.75) is 51.3 Å². The number of ether oxygens (including phenoxy) is 1. The van der Waals surface area contributed by atoms with Gasteiger partial charge < -0.3 is 19.4 Å². The highest BCUT2D eigenvalue weighted by Crippen LogP contribution is 2.28. The molecule has 4 aromatic rings. The molecule has 2 fully saturated rings. The maximum absolute atomic E-state index is 13.0. The number of nitrogens with one attached hydrogen (secondary N) is 1. The second kappa shape index (κ2) is 11.5. The van der Waals surface area contributed by atoms with E-state index in [1.165, 1.54) is 16.8 Å². The molecule has 2 aliphatic heterocycles. The van der Waals surface area contributed by atoms with Crippen LogP contribution in [-0.2, 0) is 6.54 Å². The summed E-state index contributed by atoms with van der Waals surface area (Å²) in [4.78, 5) is 22.0. The van der Waals surface area contributed by atoms with E-state index >= 15 is 0 Å². The molecule has 2 saturated heterocycles. The molecule has 0 bridgehead atoms. The molecule has 2 aromatic carbocycles. The fraction of sp³-hybridized carbons (Fsp3) is 0.375. The molecule has 7 heteroatoms. The molecule has 0 saturated carbocycles. The first kappa shape index (κ1) is 25.4. The molecule has 2 aromatic heterocycles. The Morgan fingerprint density at radius 3 is 2.54 bits per heavy atom. The topological polar surface area (TPSA) is 70.8 Å². The minimum Gasteiger partial charge on any atom is -0.490 e. The number of hydrogen-bond donors (Lipinski definition) is 1. The van der Waals surface area contributed by atoms with Crippen LogP contribution in [0.3, 0.4) is 0 Å². The Morgan fingerprint density at radius 2 is 1.79 bits per heavy atom. The summed E-state index contributed by atoms with van der Waals surface area (Å²) in [6.07, 6.45) is 7.68. The van der Waals surface area contributed by atoms with Crippen molar-refractivity contribution in [2.75, 3.05) is 31.1 Å². The number of amides is 1. The van der Waals surface area contributed by atoms with Gasteiger partial charge in [0.05, 0.1) is 0 Å². The highest BCUT2D eigenvalue weighted by molar-refractivity contribution is 5.96. The quantitative estimate of drug-likeness (QED) is 0.340. The Morgan fingerprint density at radius 1 is 1.00 bits per heavy atom. The number of nitrogens with zero attached hydrogens (tertiary/aromatic N) is 3. The van der Waals surface area contributed by atoms with E-state index < -0.39 is 0 Å². The molecule has 2 aliphatic rings. The highest BCUT2D eigenvalue weighted by Gasteiger charge is 2.24. The van der Waals surface area contributed by atoms with Gasteiger partial charge in [-0.2, -0.15) is 0 Å². The van der Waals surface area contributed by atoms with E-state index in [0.29, 0.717) is 11.3 Å². The van der Waals surface area contributed by atoms with Crippen LogP contribution >= 0.6 is 0 Å². The van der Waals surface area contributed by atoms with E-state index in [9.17, 15) is 4.79 Å². The van der Waals surface area contributed by atoms with Gasteiger partial charge in [0.2, 0.25) is 0 Å². The second-order valence-corrected chi connectivity index (χ2v) is 10.8. The van der Waals surface area contributed by atoms with E-state index in [1.807, 2.05) is 36.5 Å². The highest BCUT2D eigenvalue weighted by atomic mass is 16.5. The van der Waals surface area contributed by atoms with Gasteiger partial charge in [-0.15, -0.1) is 0 Å². The SMILES string of the molecule is Cc1ccc(N2CCC(Oc3ccc4cc(C(=O)NC5CCN(Cc6cccnc6)CC5)oc4c3)CC2)cc1. The first-order valence-electron chi connectivity index (χ1n) is 14.0. The number of fused-ring (bicyclic) bond motifs is 1. The summed E-state index contributed by atoms with van der Waals surface area (Å²) < 4.78 is 12.3. The number of rotatable bonds is 7. The van der Waals surface area contributed by atoms with E-state index in [4.69, 9.17) is 9.15 Å². The first-order chi connectivity index (χ1) is 19.1. The van der Waals surface area contributed by atoms with Crippen molar-refractivity contribution in [3.63, 3.8) is 0 Å². The summed E-state index contributed by atoms with van der Waals surface area (Å²) in [5.74, 6) is 0.993. The molecule has 0 atom stereocenters. The smallest absolute Gasteiger partial charge is 0.287 e. The summed E-state index contributed by atoms with van der Waals surface area (Å²) in [6, 6.07) is 20.6. The molecule has 0 aliphatic carbocycles. The summed E-state index contributed by atoms with van der Waals surface area (Å²) >= 11 is 0. The van der Waals surface area contributed by atoms with Crippen LogP contribution in [0, 0.1) is 6.92 Å². The predicted molar refractivity (Wildman–Crippen MR) is 153 cm³/mol. The zero-order chi connectivity index (χ0) is 26.6. The van der Waals surface area contributed by atoms with Crippen molar-refractivity contribution in [1.82, 2.24) is 15.2 Å². The van der Waals surface area contributed by atoms with E-state index in [-0.39, 0.29) is 18.1 Å². The van der Waals surface area contributed by atoms with Gasteiger partial charge in [-0.3, -0.25) is 14.7 Å². The fourth-order valence-electron chi connectivity index (χ4n) is 5.62. The number of hydrogen-bond acceptors (Lipinski definition) is 6. The van der Waals surface area contributed by atoms with Gasteiger partial charge in [-0.05, 0) is 61.7 Å². The molecule has 0 unspecified atom stereocenters. The minimum atomic E-state index is -0.150. The van der Waals surface area contributed by atoms with Gasteiger partial charge in [0.15, 0.2) is 5.76 Å². The first-order valence-corrected chi connectivity index (χ1v) is 14.0. The van der Waals surface area contributed by atoms with Crippen molar-refractivity contribution >= 4 is 22.6 Å². The van der Waals surface area contributed by atoms with Crippen molar-refractivity contribution in [1.29, 1.82) is 0 Å². The molecule has 0 spiro atoms. The van der Waals surface area contributed by atoms with Crippen LogP contribution < -0.4 is 15.0 Å². The molecule has 202 valence electrons. The molecule has 39 heavy (non-hydrogen) atoms. The number of benzene rings is 2. The number of likely N-dealkylation sites (tertiary alicyclic amines) is 1. The van der Waals surface area contributed by atoms with E-state index in [0.717, 1.165) is 69.5 Å². The third-order valence-corrected chi connectivity index (χ3v) is 7.91. The third-order valence-electron chi connectivity index (χ3n) is 7.91. The van der Waals surface area contributed by atoms with Crippen LogP contribution in [0.15, 0.2) is 77.5 Å². The van der Waals surface area contributed by atoms with Crippen molar-refractivity contribution < 1.29 is 13.9 Å². The van der Waals surface area contributed by atoms with Crippen LogP contribution in [0.25, 0.3) is 11.0 Å². The number of aryl methyl sites for hydroxylation is 1. The van der Waals surface area contributed by atoms with Gasteiger partial charge in [-0.25, -0.2) is 0 Å². The standard InChI is InChI=1S/C32H36N4O3/c1-23-4-7-27(8-5-23)36-17-12-28(13-18-36)38-29-9-6-25-19-31(39-30(25)20-29)32(37)34-26-10-15-35(16-11-26)22-24-3-2-14-33-21-24/h2-9,14,19-21,26,28H,10-13,15-18,22H2,1H3,(H,34,37). The van der Waals surface area contributed by atoms with Crippen LogP contribution in [0.1, 0.15) is 47.4 Å². The number of piperidine rings is 2. The van der Waals surface area contributed by atoms with Crippen LogP contribution in [0.4, 0.5) is 5.69 Å². The molecule has 7 nitrogen and oxygen atoms in total. The summed E-state index contributed by atoms with van der Waals surface area (Å²) in [5, 5.41) is 4.08. The average molecular weight is 525 g/mol. The Labute approximate surface area is 229 Å². The molecule has 0 radical (unpaired) electrons. The lowest BCUT2D eigenvalue weighted by molar-refractivity contribution is 0.0883. The molecular formula is C32H36N4O3. The molecule has 6 rings (SSSR count). The predicted octanol–water partition coefficient (Wildman–Crippen LogP) is 5.58. The average Bonchev–Trinajstić information content (AvgIpc) is 3.39. The lowest BCUT2D eigenvalue weighted by Crippen LogP contribution is -2.44. The monoisotopic (exact) mass is 524 g/mol. The number of carbonyl (C=O) groups is 1. The lowest BCUT2D eigenvalue weighted by atomic mass is 10.0. The second-order valence-electron chi connectivity index (χ2n) is 10.8. The maximum atomic E-state index is 13.0. The van der Waals surface area contributed by atoms with Crippen LogP contribution in [0.2, 0.25) is 0 Å². The Hall–Kier alpha value is -3.84. The summed E-state index contributed by atoms with van der Waals surface area (Å²) in [7, 11) is 0. The lowest BCUT2D eigenvalue weighted by Gasteiger charge is -2.33. The van der Waals surface area contributed by atoms with Crippen molar-refractivity contribution in [3.05, 3.63) is 89.9 Å². The molecule has 1 amide bonds. The third kappa shape index (κ3) is 6.25. The van der Waals surface area contributed by atoms with Gasteiger partial charge in [0.25, 0.3) is 5.91 Å². The van der Waals surface area contributed by atoms with E-state index in [1.54, 1.807) is 6.20 Å². The number of pyridine rings is 1. The Balaban J connectivity index is 0.999. The van der Waals surface area contributed by atoms with Gasteiger partial charge >= 0.3 is 0 Å². The van der Waals surface area contributed by atoms with Crippen LogP contribution in [-0.4, -0.2) is 54.1 Å². The van der Waals surface area contributed by atoms with Gasteiger partial charge in [-0.1, -0.05) is 23.8 Å². The fourth-order valence-corrected chi connectivity index (χ4v) is 5.62. The van der Waals surface area contributed by atoms with Crippen molar-refractivity contribution in [2.24, 2.45) is 0 Å². The van der Waals surface area contributed by atoms with Crippen LogP contribution in [0.5, 0.6) is 5.75 Å². The molecule has 1 N–H and O–H groups in total. The number of aromatic nitrogens is 1. The number of furan rings is 1. The number of anilines is 1. The molecular weight excluding hydrogens is 488 g/mol.